The van der Waals surface area contributed by atoms with Crippen molar-refractivity contribution in [2.24, 2.45) is 0 Å². The van der Waals surface area contributed by atoms with E-state index in [1.54, 1.807) is 11.3 Å². The highest BCUT2D eigenvalue weighted by Gasteiger charge is 2.32. The molecule has 7 heteroatoms. The van der Waals surface area contributed by atoms with Crippen molar-refractivity contribution in [3.8, 4) is 0 Å². The van der Waals surface area contributed by atoms with E-state index in [2.05, 4.69) is 12.1 Å². The van der Waals surface area contributed by atoms with Gasteiger partial charge in [0.15, 0.2) is 9.84 Å². The molecule has 1 aromatic heterocycles. The summed E-state index contributed by atoms with van der Waals surface area (Å²) in [7, 11) is -3.13. The Morgan fingerprint density at radius 2 is 2.14 bits per heavy atom. The van der Waals surface area contributed by atoms with Crippen LogP contribution >= 0.6 is 11.3 Å². The zero-order valence-corrected chi connectivity index (χ0v) is 13.6. The van der Waals surface area contributed by atoms with E-state index in [1.165, 1.54) is 10.1 Å². The van der Waals surface area contributed by atoms with Gasteiger partial charge in [-0.2, -0.15) is 0 Å². The van der Waals surface area contributed by atoms with Gasteiger partial charge in [0.1, 0.15) is 0 Å². The lowest BCUT2D eigenvalue weighted by atomic mass is 10.2. The number of carboxylic acids is 1. The predicted octanol–water partition coefficient (Wildman–Crippen LogP) is 1.98. The zero-order valence-electron chi connectivity index (χ0n) is 11.9. The lowest BCUT2D eigenvalue weighted by molar-refractivity contribution is -0.138. The summed E-state index contributed by atoms with van der Waals surface area (Å²) in [5.74, 6) is -0.915. The summed E-state index contributed by atoms with van der Waals surface area (Å²) in [4.78, 5) is 14.1. The van der Waals surface area contributed by atoms with Gasteiger partial charge >= 0.3 is 5.97 Å². The average Bonchev–Trinajstić information content (AvgIpc) is 2.83. The van der Waals surface area contributed by atoms with Crippen molar-refractivity contribution >= 4 is 37.2 Å². The van der Waals surface area contributed by atoms with E-state index >= 15 is 0 Å². The van der Waals surface area contributed by atoms with Crippen LogP contribution in [0.2, 0.25) is 0 Å². The molecule has 1 saturated heterocycles. The topological polar surface area (TPSA) is 74.7 Å². The van der Waals surface area contributed by atoms with E-state index in [0.717, 1.165) is 4.88 Å². The summed E-state index contributed by atoms with van der Waals surface area (Å²) in [6, 6.07) is 9.73. The molecule has 5 nitrogen and oxygen atoms in total. The maximum Gasteiger partial charge on any atom is 0.304 e. The van der Waals surface area contributed by atoms with E-state index < -0.39 is 21.8 Å². The molecule has 1 aromatic carbocycles. The van der Waals surface area contributed by atoms with E-state index in [0.29, 0.717) is 13.1 Å². The maximum atomic E-state index is 11.8. The molecule has 2 heterocycles. The van der Waals surface area contributed by atoms with Crippen LogP contribution in [0.5, 0.6) is 0 Å². The van der Waals surface area contributed by atoms with E-state index in [4.69, 9.17) is 5.11 Å². The fourth-order valence-corrected chi connectivity index (χ4v) is 5.52. The van der Waals surface area contributed by atoms with Gasteiger partial charge in [0.05, 0.1) is 17.9 Å². The molecule has 0 aliphatic carbocycles. The molecule has 0 bridgehead atoms. The Hall–Kier alpha value is -1.44. The summed E-state index contributed by atoms with van der Waals surface area (Å²) in [6.07, 6.45) is -0.135. The number of hydrogen-bond acceptors (Lipinski definition) is 5. The Morgan fingerprint density at radius 1 is 1.36 bits per heavy atom. The molecule has 1 N–H and O–H groups in total. The minimum atomic E-state index is -3.13. The predicted molar refractivity (Wildman–Crippen MR) is 86.9 cm³/mol. The van der Waals surface area contributed by atoms with Crippen LogP contribution in [-0.2, 0) is 21.2 Å². The van der Waals surface area contributed by atoms with Crippen LogP contribution in [0.3, 0.4) is 0 Å². The molecule has 1 unspecified atom stereocenters. The van der Waals surface area contributed by atoms with Gasteiger partial charge in [-0.1, -0.05) is 18.2 Å². The normalized spacial score (nSPS) is 21.9. The molecule has 2 aromatic rings. The first kappa shape index (κ1) is 15.5. The van der Waals surface area contributed by atoms with Gasteiger partial charge in [-0.05, 0) is 17.5 Å². The van der Waals surface area contributed by atoms with Crippen LogP contribution in [0.1, 0.15) is 11.3 Å². The first-order valence-corrected chi connectivity index (χ1v) is 9.70. The summed E-state index contributed by atoms with van der Waals surface area (Å²) < 4.78 is 24.7. The van der Waals surface area contributed by atoms with Crippen molar-refractivity contribution in [3.05, 3.63) is 35.2 Å². The van der Waals surface area contributed by atoms with Crippen molar-refractivity contribution in [1.82, 2.24) is 4.90 Å². The van der Waals surface area contributed by atoms with Gasteiger partial charge in [0.25, 0.3) is 0 Å². The molecule has 0 amide bonds. The van der Waals surface area contributed by atoms with Crippen LogP contribution in [0.15, 0.2) is 30.3 Å². The molecule has 0 radical (unpaired) electrons. The molecule has 22 heavy (non-hydrogen) atoms. The molecular weight excluding hydrogens is 322 g/mol. The first-order valence-electron chi connectivity index (χ1n) is 7.07. The fraction of sp³-hybridized carbons (Fsp3) is 0.400. The number of thiophene rings is 1. The molecule has 1 aliphatic heterocycles. The van der Waals surface area contributed by atoms with Crippen molar-refractivity contribution in [2.45, 2.75) is 19.0 Å². The number of carboxylic acid groups (broad SMARTS) is 1. The minimum absolute atomic E-state index is 0.0653. The number of nitrogens with zero attached hydrogens (tertiary/aromatic N) is 1. The van der Waals surface area contributed by atoms with Crippen LogP contribution in [0.25, 0.3) is 10.1 Å². The lowest BCUT2D eigenvalue weighted by Gasteiger charge is -2.34. The number of aliphatic carboxylic acids is 1. The molecule has 0 saturated carbocycles. The van der Waals surface area contributed by atoms with Gasteiger partial charge in [0, 0.05) is 28.7 Å². The summed E-state index contributed by atoms with van der Waals surface area (Å²) in [6.45, 7) is 1.00. The smallest absolute Gasteiger partial charge is 0.304 e. The van der Waals surface area contributed by atoms with Crippen LogP contribution < -0.4 is 0 Å². The number of fused-ring (bicyclic) bond motifs is 1. The summed E-state index contributed by atoms with van der Waals surface area (Å²) in [5, 5.41) is 10.2. The molecule has 118 valence electrons. The van der Waals surface area contributed by atoms with Gasteiger partial charge in [-0.15, -0.1) is 11.3 Å². The molecule has 1 atom stereocenters. The molecule has 3 rings (SSSR count). The zero-order chi connectivity index (χ0) is 15.7. The van der Waals surface area contributed by atoms with Gasteiger partial charge in [0.2, 0.25) is 0 Å². The van der Waals surface area contributed by atoms with E-state index in [-0.39, 0.29) is 17.9 Å². The Kier molecular flexibility index (Phi) is 4.20. The molecule has 0 spiro atoms. The maximum absolute atomic E-state index is 11.8. The third kappa shape index (κ3) is 3.48. The lowest BCUT2D eigenvalue weighted by Crippen LogP contribution is -2.48. The average molecular weight is 339 g/mol. The first-order chi connectivity index (χ1) is 10.4. The number of benzene rings is 1. The third-order valence-electron chi connectivity index (χ3n) is 3.90. The van der Waals surface area contributed by atoms with Crippen LogP contribution in [-0.4, -0.2) is 48.5 Å². The Balaban J connectivity index is 1.80. The fourth-order valence-electron chi connectivity index (χ4n) is 2.83. The molecule has 1 aliphatic rings. The third-order valence-corrected chi connectivity index (χ3v) is 6.70. The summed E-state index contributed by atoms with van der Waals surface area (Å²) in [5.41, 5.74) is 0. The van der Waals surface area contributed by atoms with Gasteiger partial charge in [-0.25, -0.2) is 8.42 Å². The van der Waals surface area contributed by atoms with Crippen LogP contribution in [0, 0.1) is 0 Å². The highest BCUT2D eigenvalue weighted by atomic mass is 32.2. The second-order valence-corrected chi connectivity index (χ2v) is 8.98. The Morgan fingerprint density at radius 3 is 2.86 bits per heavy atom. The Labute approximate surface area is 133 Å². The number of carbonyl (C=O) groups is 1. The highest BCUT2D eigenvalue weighted by Crippen LogP contribution is 2.28. The van der Waals surface area contributed by atoms with Crippen molar-refractivity contribution in [3.63, 3.8) is 0 Å². The van der Waals surface area contributed by atoms with Crippen molar-refractivity contribution < 1.29 is 18.3 Å². The van der Waals surface area contributed by atoms with E-state index in [1.807, 2.05) is 23.1 Å². The number of rotatable bonds is 4. The SMILES string of the molecule is O=C(O)CC1CS(=O)(=O)CCN1Cc1cc2ccccc2s1. The quantitative estimate of drug-likeness (QED) is 0.922. The summed E-state index contributed by atoms with van der Waals surface area (Å²) >= 11 is 1.67. The largest absolute Gasteiger partial charge is 0.481 e. The molecular formula is C15H17NO4S2. The number of sulfone groups is 1. The van der Waals surface area contributed by atoms with Crippen LogP contribution in [0.4, 0.5) is 0 Å². The van der Waals surface area contributed by atoms with Crippen molar-refractivity contribution in [2.75, 3.05) is 18.1 Å². The second-order valence-electron chi connectivity index (χ2n) is 5.59. The monoisotopic (exact) mass is 339 g/mol. The van der Waals surface area contributed by atoms with Gasteiger partial charge in [-0.3, -0.25) is 9.69 Å². The Bertz CT molecular complexity index is 764. The second kappa shape index (κ2) is 5.98. The standard InChI is InChI=1S/C15H17NO4S2/c17-15(18)8-12-10-22(19,20)6-5-16(12)9-13-7-11-3-1-2-4-14(11)21-13/h1-4,7,12H,5-6,8-10H2,(H,17,18). The number of hydrogen-bond donors (Lipinski definition) is 1. The minimum Gasteiger partial charge on any atom is -0.481 e. The van der Waals surface area contributed by atoms with Crippen molar-refractivity contribution in [1.29, 1.82) is 0 Å². The van der Waals surface area contributed by atoms with Gasteiger partial charge < -0.3 is 5.11 Å². The molecule has 1 fully saturated rings. The van der Waals surface area contributed by atoms with E-state index in [9.17, 15) is 13.2 Å². The highest BCUT2D eigenvalue weighted by molar-refractivity contribution is 7.91.